The van der Waals surface area contributed by atoms with Crippen molar-refractivity contribution in [3.63, 3.8) is 0 Å². The van der Waals surface area contributed by atoms with Gasteiger partial charge in [0.2, 0.25) is 11.8 Å². The maximum Gasteiger partial charge on any atom is 0.238 e. The maximum absolute atomic E-state index is 12.4. The van der Waals surface area contributed by atoms with E-state index in [9.17, 15) is 9.59 Å². The van der Waals surface area contributed by atoms with Gasteiger partial charge in [0.05, 0.1) is 10.9 Å². The molecule has 0 saturated heterocycles. The Morgan fingerprint density at radius 3 is 2.39 bits per heavy atom. The van der Waals surface area contributed by atoms with Gasteiger partial charge in [-0.3, -0.25) is 9.59 Å². The van der Waals surface area contributed by atoms with Gasteiger partial charge in [0.25, 0.3) is 0 Å². The lowest BCUT2D eigenvalue weighted by Gasteiger charge is -2.23. The first kappa shape index (κ1) is 18.1. The van der Waals surface area contributed by atoms with Crippen LogP contribution in [0.1, 0.15) is 6.42 Å². The van der Waals surface area contributed by atoms with E-state index in [1.165, 1.54) is 11.8 Å². The van der Waals surface area contributed by atoms with Crippen LogP contribution in [0.3, 0.4) is 0 Å². The van der Waals surface area contributed by atoms with Gasteiger partial charge in [-0.15, -0.1) is 11.8 Å². The number of hydrogen-bond donors (Lipinski definition) is 2. The van der Waals surface area contributed by atoms with Crippen LogP contribution in [0.25, 0.3) is 0 Å². The van der Waals surface area contributed by atoms with E-state index in [0.717, 1.165) is 16.3 Å². The molecule has 3 aromatic rings. The Kier molecular flexibility index (Phi) is 5.30. The van der Waals surface area contributed by atoms with Crippen molar-refractivity contribution in [3.05, 3.63) is 78.9 Å². The van der Waals surface area contributed by atoms with Gasteiger partial charge in [-0.1, -0.05) is 30.3 Å². The van der Waals surface area contributed by atoms with Crippen molar-refractivity contribution < 1.29 is 14.3 Å². The molecule has 0 fully saturated rings. The molecule has 140 valence electrons. The normalized spacial score (nSPS) is 15.3. The lowest BCUT2D eigenvalue weighted by molar-refractivity contribution is -0.120. The topological polar surface area (TPSA) is 67.4 Å². The molecule has 1 heterocycles. The van der Waals surface area contributed by atoms with Gasteiger partial charge in [-0.2, -0.15) is 0 Å². The molecule has 0 spiro atoms. The number of ether oxygens (including phenoxy) is 1. The highest BCUT2D eigenvalue weighted by molar-refractivity contribution is 8.01. The summed E-state index contributed by atoms with van der Waals surface area (Å²) in [6.07, 6.45) is 0.104. The second-order valence-corrected chi connectivity index (χ2v) is 7.53. The SMILES string of the molecule is O=C(CC1Sc2ccccc2NC1=O)Nc1ccc(Oc2ccccc2)cc1. The van der Waals surface area contributed by atoms with Crippen LogP contribution in [0.4, 0.5) is 11.4 Å². The quantitative estimate of drug-likeness (QED) is 0.649. The van der Waals surface area contributed by atoms with E-state index in [2.05, 4.69) is 10.6 Å². The predicted octanol–water partition coefficient (Wildman–Crippen LogP) is 4.92. The molecule has 0 radical (unpaired) electrons. The second kappa shape index (κ2) is 8.19. The number of hydrogen-bond acceptors (Lipinski definition) is 4. The van der Waals surface area contributed by atoms with Crippen LogP contribution in [0.15, 0.2) is 83.8 Å². The van der Waals surface area contributed by atoms with E-state index in [1.807, 2.05) is 54.6 Å². The lowest BCUT2D eigenvalue weighted by atomic mass is 10.2. The van der Waals surface area contributed by atoms with Crippen molar-refractivity contribution >= 4 is 35.0 Å². The third-order valence-electron chi connectivity index (χ3n) is 4.19. The first-order valence-corrected chi connectivity index (χ1v) is 9.75. The van der Waals surface area contributed by atoms with Gasteiger partial charge in [0.1, 0.15) is 11.5 Å². The molecule has 1 unspecified atom stereocenters. The van der Waals surface area contributed by atoms with Gasteiger partial charge in [-0.25, -0.2) is 0 Å². The van der Waals surface area contributed by atoms with E-state index < -0.39 is 5.25 Å². The zero-order valence-corrected chi connectivity index (χ0v) is 15.7. The number of para-hydroxylation sites is 2. The van der Waals surface area contributed by atoms with E-state index in [1.54, 1.807) is 24.3 Å². The molecule has 5 nitrogen and oxygen atoms in total. The summed E-state index contributed by atoms with van der Waals surface area (Å²) in [6, 6.07) is 24.2. The van der Waals surface area contributed by atoms with Crippen molar-refractivity contribution in [1.29, 1.82) is 0 Å². The fraction of sp³-hybridized carbons (Fsp3) is 0.0909. The predicted molar refractivity (Wildman–Crippen MR) is 111 cm³/mol. The van der Waals surface area contributed by atoms with E-state index in [-0.39, 0.29) is 18.2 Å². The van der Waals surface area contributed by atoms with Crippen molar-refractivity contribution in [2.75, 3.05) is 10.6 Å². The van der Waals surface area contributed by atoms with Gasteiger partial charge in [-0.05, 0) is 48.5 Å². The van der Waals surface area contributed by atoms with Crippen LogP contribution in [-0.2, 0) is 9.59 Å². The number of benzene rings is 3. The van der Waals surface area contributed by atoms with E-state index in [4.69, 9.17) is 4.74 Å². The minimum absolute atomic E-state index is 0.104. The summed E-state index contributed by atoms with van der Waals surface area (Å²) in [5, 5.41) is 5.24. The molecule has 3 aromatic carbocycles. The first-order chi connectivity index (χ1) is 13.7. The van der Waals surface area contributed by atoms with Gasteiger partial charge >= 0.3 is 0 Å². The molecular formula is C22H18N2O3S. The molecule has 0 bridgehead atoms. The number of nitrogens with one attached hydrogen (secondary N) is 2. The Balaban J connectivity index is 1.34. The van der Waals surface area contributed by atoms with Crippen molar-refractivity contribution in [2.45, 2.75) is 16.6 Å². The average Bonchev–Trinajstić information content (AvgIpc) is 2.71. The van der Waals surface area contributed by atoms with Gasteiger partial charge < -0.3 is 15.4 Å². The summed E-state index contributed by atoms with van der Waals surface area (Å²) in [4.78, 5) is 25.6. The standard InChI is InChI=1S/C22H18N2O3S/c25-21(14-20-22(26)24-18-8-4-5-9-19(18)28-20)23-15-10-12-17(13-11-15)27-16-6-2-1-3-7-16/h1-13,20H,14H2,(H,23,25)(H,24,26). The molecule has 28 heavy (non-hydrogen) atoms. The number of carbonyl (C=O) groups excluding carboxylic acids is 2. The summed E-state index contributed by atoms with van der Waals surface area (Å²) in [7, 11) is 0. The van der Waals surface area contributed by atoms with Gasteiger partial charge in [0.15, 0.2) is 0 Å². The molecular weight excluding hydrogens is 372 g/mol. The zero-order valence-electron chi connectivity index (χ0n) is 14.9. The first-order valence-electron chi connectivity index (χ1n) is 8.87. The van der Waals surface area contributed by atoms with Crippen molar-refractivity contribution in [3.8, 4) is 11.5 Å². The summed E-state index contributed by atoms with van der Waals surface area (Å²) in [5.41, 5.74) is 1.45. The minimum Gasteiger partial charge on any atom is -0.457 e. The van der Waals surface area contributed by atoms with Crippen molar-refractivity contribution in [1.82, 2.24) is 0 Å². The molecule has 0 saturated carbocycles. The van der Waals surface area contributed by atoms with Crippen LogP contribution in [0, 0.1) is 0 Å². The van der Waals surface area contributed by atoms with E-state index in [0.29, 0.717) is 11.4 Å². The maximum atomic E-state index is 12.4. The number of rotatable bonds is 5. The molecule has 0 aromatic heterocycles. The molecule has 2 amide bonds. The number of anilines is 2. The summed E-state index contributed by atoms with van der Waals surface area (Å²) in [5.74, 6) is 1.08. The molecule has 1 aliphatic rings. The minimum atomic E-state index is -0.449. The van der Waals surface area contributed by atoms with Gasteiger partial charge in [0, 0.05) is 17.0 Å². The molecule has 1 atom stereocenters. The summed E-state index contributed by atoms with van der Waals surface area (Å²) < 4.78 is 5.74. The zero-order chi connectivity index (χ0) is 19.3. The number of fused-ring (bicyclic) bond motifs is 1. The molecule has 6 heteroatoms. The fourth-order valence-electron chi connectivity index (χ4n) is 2.84. The van der Waals surface area contributed by atoms with Crippen LogP contribution in [0.5, 0.6) is 11.5 Å². The summed E-state index contributed by atoms with van der Waals surface area (Å²) in [6.45, 7) is 0. The molecule has 0 aliphatic carbocycles. The fourth-order valence-corrected chi connectivity index (χ4v) is 3.95. The lowest BCUT2D eigenvalue weighted by Crippen LogP contribution is -2.32. The Labute approximate surface area is 167 Å². The highest BCUT2D eigenvalue weighted by Gasteiger charge is 2.28. The van der Waals surface area contributed by atoms with Crippen LogP contribution in [-0.4, -0.2) is 17.1 Å². The largest absolute Gasteiger partial charge is 0.457 e. The Morgan fingerprint density at radius 2 is 1.61 bits per heavy atom. The Morgan fingerprint density at radius 1 is 0.929 bits per heavy atom. The number of thioether (sulfide) groups is 1. The molecule has 4 rings (SSSR count). The second-order valence-electron chi connectivity index (χ2n) is 6.28. The monoisotopic (exact) mass is 390 g/mol. The average molecular weight is 390 g/mol. The molecule has 2 N–H and O–H groups in total. The number of amides is 2. The van der Waals surface area contributed by atoms with Crippen LogP contribution >= 0.6 is 11.8 Å². The highest BCUT2D eigenvalue weighted by atomic mass is 32.2. The highest BCUT2D eigenvalue weighted by Crippen LogP contribution is 2.36. The Hall–Kier alpha value is -3.25. The number of carbonyl (C=O) groups is 2. The third-order valence-corrected chi connectivity index (χ3v) is 5.47. The third kappa shape index (κ3) is 4.35. The van der Waals surface area contributed by atoms with Crippen molar-refractivity contribution in [2.24, 2.45) is 0 Å². The van der Waals surface area contributed by atoms with Crippen LogP contribution < -0.4 is 15.4 Å². The smallest absolute Gasteiger partial charge is 0.238 e. The van der Waals surface area contributed by atoms with Crippen LogP contribution in [0.2, 0.25) is 0 Å². The summed E-state index contributed by atoms with van der Waals surface area (Å²) >= 11 is 1.41. The Bertz CT molecular complexity index is 990. The van der Waals surface area contributed by atoms with E-state index >= 15 is 0 Å². The molecule has 1 aliphatic heterocycles.